The van der Waals surface area contributed by atoms with Crippen molar-refractivity contribution in [1.82, 2.24) is 0 Å². The van der Waals surface area contributed by atoms with Gasteiger partial charge in [-0.2, -0.15) is 0 Å². The first kappa shape index (κ1) is 13.0. The molecule has 0 saturated carbocycles. The van der Waals surface area contributed by atoms with Crippen molar-refractivity contribution in [2.24, 2.45) is 11.7 Å². The van der Waals surface area contributed by atoms with Gasteiger partial charge in [0.25, 0.3) is 0 Å². The molecule has 2 heteroatoms. The second-order valence-electron chi connectivity index (χ2n) is 4.78. The topological polar surface area (TPSA) is 38.0 Å². The van der Waals surface area contributed by atoms with Crippen LogP contribution in [-0.2, 0) is 6.42 Å². The normalized spacial score (nSPS) is 12.8. The molecule has 2 nitrogen and oxygen atoms in total. The van der Waals surface area contributed by atoms with Gasteiger partial charge in [0.2, 0.25) is 0 Å². The Hall–Kier alpha value is -1.02. The van der Waals surface area contributed by atoms with Crippen molar-refractivity contribution in [3.63, 3.8) is 0 Å². The lowest BCUT2D eigenvalue weighted by molar-refractivity contribution is 0.508. The number of para-hydroxylation sites is 1. The van der Waals surface area contributed by atoms with Gasteiger partial charge in [0.1, 0.15) is 0 Å². The van der Waals surface area contributed by atoms with E-state index in [1.165, 1.54) is 11.3 Å². The molecule has 90 valence electrons. The van der Waals surface area contributed by atoms with E-state index in [0.29, 0.717) is 5.92 Å². The summed E-state index contributed by atoms with van der Waals surface area (Å²) in [5.74, 6) is 0.665. The number of hydrogen-bond donors (Lipinski definition) is 2. The van der Waals surface area contributed by atoms with Crippen molar-refractivity contribution < 1.29 is 0 Å². The first-order valence-electron chi connectivity index (χ1n) is 6.20. The Morgan fingerprint density at radius 3 is 2.56 bits per heavy atom. The summed E-state index contributed by atoms with van der Waals surface area (Å²) in [5.41, 5.74) is 8.64. The van der Waals surface area contributed by atoms with Crippen LogP contribution in [0.5, 0.6) is 0 Å². The highest BCUT2D eigenvalue weighted by molar-refractivity contribution is 5.51. The van der Waals surface area contributed by atoms with E-state index >= 15 is 0 Å². The molecular formula is C14H24N2. The number of nitrogens with two attached hydrogens (primary N) is 1. The van der Waals surface area contributed by atoms with Gasteiger partial charge in [0.05, 0.1) is 0 Å². The lowest BCUT2D eigenvalue weighted by Gasteiger charge is -2.17. The van der Waals surface area contributed by atoms with Gasteiger partial charge < -0.3 is 11.1 Å². The fraction of sp³-hybridized carbons (Fsp3) is 0.571. The van der Waals surface area contributed by atoms with Crippen LogP contribution in [0.15, 0.2) is 24.3 Å². The third kappa shape index (κ3) is 4.23. The Balaban J connectivity index is 2.47. The summed E-state index contributed by atoms with van der Waals surface area (Å²) >= 11 is 0. The maximum atomic E-state index is 6.05. The highest BCUT2D eigenvalue weighted by atomic mass is 14.9. The highest BCUT2D eigenvalue weighted by Gasteiger charge is 2.06. The molecule has 1 aromatic carbocycles. The number of benzene rings is 1. The molecule has 1 unspecified atom stereocenters. The van der Waals surface area contributed by atoms with Gasteiger partial charge in [-0.1, -0.05) is 39.0 Å². The molecule has 0 amide bonds. The molecule has 0 radical (unpaired) electrons. The van der Waals surface area contributed by atoms with Gasteiger partial charge in [-0.3, -0.25) is 0 Å². The maximum Gasteiger partial charge on any atom is 0.0373 e. The van der Waals surface area contributed by atoms with Crippen molar-refractivity contribution in [3.8, 4) is 0 Å². The molecule has 1 rings (SSSR count). The Morgan fingerprint density at radius 2 is 1.94 bits per heavy atom. The second kappa shape index (κ2) is 6.54. The summed E-state index contributed by atoms with van der Waals surface area (Å²) < 4.78 is 0. The molecule has 1 atom stereocenters. The molecular weight excluding hydrogens is 196 g/mol. The predicted molar refractivity (Wildman–Crippen MR) is 71.7 cm³/mol. The fourth-order valence-corrected chi connectivity index (χ4v) is 1.93. The lowest BCUT2D eigenvalue weighted by Crippen LogP contribution is -2.30. The van der Waals surface area contributed by atoms with Crippen LogP contribution in [-0.4, -0.2) is 12.6 Å². The van der Waals surface area contributed by atoms with Gasteiger partial charge >= 0.3 is 0 Å². The second-order valence-corrected chi connectivity index (χ2v) is 4.78. The average molecular weight is 220 g/mol. The minimum atomic E-state index is 0.241. The zero-order chi connectivity index (χ0) is 12.0. The molecule has 1 aromatic rings. The quantitative estimate of drug-likeness (QED) is 0.773. The molecule has 0 aromatic heterocycles. The van der Waals surface area contributed by atoms with Gasteiger partial charge in [-0.05, 0) is 30.4 Å². The van der Waals surface area contributed by atoms with Crippen LogP contribution in [0.25, 0.3) is 0 Å². The van der Waals surface area contributed by atoms with E-state index < -0.39 is 0 Å². The molecule has 0 saturated heterocycles. The monoisotopic (exact) mass is 220 g/mol. The van der Waals surface area contributed by atoms with Crippen LogP contribution in [0.2, 0.25) is 0 Å². The summed E-state index contributed by atoms with van der Waals surface area (Å²) in [4.78, 5) is 0. The maximum absolute atomic E-state index is 6.05. The van der Waals surface area contributed by atoms with Gasteiger partial charge in [0, 0.05) is 18.3 Å². The van der Waals surface area contributed by atoms with Crippen LogP contribution in [0.4, 0.5) is 5.69 Å². The number of nitrogens with one attached hydrogen (secondary N) is 1. The lowest BCUT2D eigenvalue weighted by atomic mass is 10.0. The Kier molecular flexibility index (Phi) is 5.33. The summed E-state index contributed by atoms with van der Waals surface area (Å²) in [6.07, 6.45) is 2.13. The van der Waals surface area contributed by atoms with E-state index in [1.54, 1.807) is 0 Å². The first-order chi connectivity index (χ1) is 7.63. The first-order valence-corrected chi connectivity index (χ1v) is 6.20. The molecule has 0 aliphatic carbocycles. The highest BCUT2D eigenvalue weighted by Crippen LogP contribution is 2.15. The summed E-state index contributed by atoms with van der Waals surface area (Å²) in [6.45, 7) is 7.45. The largest absolute Gasteiger partial charge is 0.383 e. The fourth-order valence-electron chi connectivity index (χ4n) is 1.93. The third-order valence-electron chi connectivity index (χ3n) is 2.73. The average Bonchev–Trinajstić information content (AvgIpc) is 2.26. The smallest absolute Gasteiger partial charge is 0.0373 e. The van der Waals surface area contributed by atoms with E-state index in [-0.39, 0.29) is 6.04 Å². The van der Waals surface area contributed by atoms with Crippen LogP contribution >= 0.6 is 0 Å². The van der Waals surface area contributed by atoms with Crippen LogP contribution in [0.1, 0.15) is 32.8 Å². The van der Waals surface area contributed by atoms with Crippen molar-refractivity contribution in [1.29, 1.82) is 0 Å². The number of anilines is 1. The van der Waals surface area contributed by atoms with Crippen LogP contribution in [0, 0.1) is 5.92 Å². The van der Waals surface area contributed by atoms with E-state index in [2.05, 4.69) is 50.4 Å². The van der Waals surface area contributed by atoms with Gasteiger partial charge in [-0.25, -0.2) is 0 Å². The predicted octanol–water partition coefficient (Wildman–Crippen LogP) is 3.03. The molecule has 0 aliphatic rings. The minimum Gasteiger partial charge on any atom is -0.383 e. The van der Waals surface area contributed by atoms with Crippen molar-refractivity contribution in [2.45, 2.75) is 39.7 Å². The van der Waals surface area contributed by atoms with Gasteiger partial charge in [0.15, 0.2) is 0 Å². The molecule has 0 fully saturated rings. The molecule has 0 heterocycles. The molecule has 0 aliphatic heterocycles. The van der Waals surface area contributed by atoms with Gasteiger partial charge in [-0.15, -0.1) is 0 Å². The van der Waals surface area contributed by atoms with Crippen molar-refractivity contribution in [2.75, 3.05) is 11.9 Å². The van der Waals surface area contributed by atoms with Crippen molar-refractivity contribution in [3.05, 3.63) is 29.8 Å². The third-order valence-corrected chi connectivity index (χ3v) is 2.73. The minimum absolute atomic E-state index is 0.241. The summed E-state index contributed by atoms with van der Waals surface area (Å²) in [6, 6.07) is 8.68. The zero-order valence-corrected chi connectivity index (χ0v) is 10.7. The van der Waals surface area contributed by atoms with E-state index in [0.717, 1.165) is 19.4 Å². The Bertz CT molecular complexity index is 307. The molecule has 0 bridgehead atoms. The van der Waals surface area contributed by atoms with Crippen molar-refractivity contribution >= 4 is 5.69 Å². The summed E-state index contributed by atoms with van der Waals surface area (Å²) in [5, 5.41) is 3.44. The standard InChI is InChI=1S/C14H24N2/c1-4-12-7-5-6-8-14(12)16-10-13(15)9-11(2)3/h5-8,11,13,16H,4,9-10,15H2,1-3H3. The number of rotatable bonds is 6. The van der Waals surface area contributed by atoms with E-state index in [9.17, 15) is 0 Å². The van der Waals surface area contributed by atoms with E-state index in [4.69, 9.17) is 5.73 Å². The van der Waals surface area contributed by atoms with E-state index in [1.807, 2.05) is 0 Å². The molecule has 3 N–H and O–H groups in total. The van der Waals surface area contributed by atoms with Crippen LogP contribution < -0.4 is 11.1 Å². The molecule has 16 heavy (non-hydrogen) atoms. The molecule has 0 spiro atoms. The zero-order valence-electron chi connectivity index (χ0n) is 10.7. The summed E-state index contributed by atoms with van der Waals surface area (Å²) in [7, 11) is 0. The SMILES string of the molecule is CCc1ccccc1NCC(N)CC(C)C. The van der Waals surface area contributed by atoms with Crippen LogP contribution in [0.3, 0.4) is 0 Å². The Labute approximate surface area is 99.2 Å². The number of hydrogen-bond acceptors (Lipinski definition) is 2. The Morgan fingerprint density at radius 1 is 1.25 bits per heavy atom. The number of aryl methyl sites for hydroxylation is 1.